The Morgan fingerprint density at radius 2 is 1.85 bits per heavy atom. The van der Waals surface area contributed by atoms with Crippen molar-refractivity contribution in [3.05, 3.63) is 53.3 Å². The number of benzene rings is 2. The number of carbonyl (C=O) groups is 1. The van der Waals surface area contributed by atoms with Crippen LogP contribution in [0.5, 0.6) is 5.75 Å². The minimum atomic E-state index is -3.88. The standard InChI is InChI=1S/C18H21FN2O4S/c1-11(2)21-26(23,24)17-10-13(6-8-16(17)25-4)18(22)20-15-9-12(3)5-7-14(15)19/h5-11,21H,1-4H3,(H,20,22). The fourth-order valence-corrected chi connectivity index (χ4v) is 3.78. The Labute approximate surface area is 152 Å². The lowest BCUT2D eigenvalue weighted by molar-refractivity contribution is 0.102. The molecule has 8 heteroatoms. The number of halogens is 1. The quantitative estimate of drug-likeness (QED) is 0.807. The number of carbonyl (C=O) groups excluding carboxylic acids is 1. The van der Waals surface area contributed by atoms with E-state index in [1.54, 1.807) is 26.8 Å². The molecular weight excluding hydrogens is 359 g/mol. The monoisotopic (exact) mass is 380 g/mol. The van der Waals surface area contributed by atoms with Gasteiger partial charge in [-0.25, -0.2) is 17.5 Å². The van der Waals surface area contributed by atoms with Crippen LogP contribution >= 0.6 is 0 Å². The van der Waals surface area contributed by atoms with Crippen LogP contribution in [0.4, 0.5) is 10.1 Å². The Hall–Kier alpha value is -2.45. The first kappa shape index (κ1) is 19.9. The number of hydrogen-bond acceptors (Lipinski definition) is 4. The van der Waals surface area contributed by atoms with Gasteiger partial charge in [0.25, 0.3) is 5.91 Å². The summed E-state index contributed by atoms with van der Waals surface area (Å²) in [4.78, 5) is 12.3. The zero-order chi connectivity index (χ0) is 19.5. The number of hydrogen-bond donors (Lipinski definition) is 2. The highest BCUT2D eigenvalue weighted by Gasteiger charge is 2.22. The first-order chi connectivity index (χ1) is 12.1. The molecule has 2 rings (SSSR count). The van der Waals surface area contributed by atoms with Crippen LogP contribution < -0.4 is 14.8 Å². The number of sulfonamides is 1. The van der Waals surface area contributed by atoms with E-state index in [1.807, 2.05) is 0 Å². The third kappa shape index (κ3) is 4.59. The van der Waals surface area contributed by atoms with Gasteiger partial charge in [-0.2, -0.15) is 0 Å². The minimum Gasteiger partial charge on any atom is -0.495 e. The van der Waals surface area contributed by atoms with Gasteiger partial charge >= 0.3 is 0 Å². The van der Waals surface area contributed by atoms with Crippen molar-refractivity contribution in [2.45, 2.75) is 31.7 Å². The molecule has 0 unspecified atom stereocenters. The van der Waals surface area contributed by atoms with Crippen LogP contribution in [-0.2, 0) is 10.0 Å². The maximum atomic E-state index is 13.8. The molecule has 2 aromatic rings. The van der Waals surface area contributed by atoms with Gasteiger partial charge in [0.2, 0.25) is 10.0 Å². The van der Waals surface area contributed by atoms with Crippen molar-refractivity contribution in [2.75, 3.05) is 12.4 Å². The Kier molecular flexibility index (Phi) is 5.99. The van der Waals surface area contributed by atoms with Crippen LogP contribution in [-0.4, -0.2) is 27.5 Å². The van der Waals surface area contributed by atoms with Gasteiger partial charge in [0, 0.05) is 11.6 Å². The lowest BCUT2D eigenvalue weighted by Crippen LogP contribution is -2.30. The van der Waals surface area contributed by atoms with E-state index >= 15 is 0 Å². The number of aryl methyl sites for hydroxylation is 1. The van der Waals surface area contributed by atoms with Crippen molar-refractivity contribution in [1.82, 2.24) is 4.72 Å². The molecule has 140 valence electrons. The largest absolute Gasteiger partial charge is 0.495 e. The second kappa shape index (κ2) is 7.84. The summed E-state index contributed by atoms with van der Waals surface area (Å²) in [5.41, 5.74) is 0.868. The SMILES string of the molecule is COc1ccc(C(=O)Nc2cc(C)ccc2F)cc1S(=O)(=O)NC(C)C. The van der Waals surface area contributed by atoms with Crippen molar-refractivity contribution < 1.29 is 22.3 Å². The van der Waals surface area contributed by atoms with E-state index in [4.69, 9.17) is 4.74 Å². The highest BCUT2D eigenvalue weighted by Crippen LogP contribution is 2.26. The fourth-order valence-electron chi connectivity index (χ4n) is 2.33. The number of ether oxygens (including phenoxy) is 1. The Bertz CT molecular complexity index is 927. The minimum absolute atomic E-state index is 0.0236. The molecule has 0 aromatic heterocycles. The number of methoxy groups -OCH3 is 1. The van der Waals surface area contributed by atoms with Gasteiger partial charge in [0.1, 0.15) is 16.5 Å². The van der Waals surface area contributed by atoms with Crippen LogP contribution in [0.2, 0.25) is 0 Å². The molecule has 0 spiro atoms. The molecule has 0 aliphatic carbocycles. The molecule has 0 saturated carbocycles. The number of anilines is 1. The number of amides is 1. The first-order valence-corrected chi connectivity index (χ1v) is 9.40. The van der Waals surface area contributed by atoms with Gasteiger partial charge in [-0.15, -0.1) is 0 Å². The molecule has 0 atom stereocenters. The predicted octanol–water partition coefficient (Wildman–Crippen LogP) is 3.08. The average molecular weight is 380 g/mol. The topological polar surface area (TPSA) is 84.5 Å². The maximum absolute atomic E-state index is 13.8. The van der Waals surface area contributed by atoms with Crippen molar-refractivity contribution in [1.29, 1.82) is 0 Å². The summed E-state index contributed by atoms with van der Waals surface area (Å²) in [5.74, 6) is -1.10. The third-order valence-electron chi connectivity index (χ3n) is 3.48. The molecule has 0 radical (unpaired) electrons. The molecule has 0 fully saturated rings. The van der Waals surface area contributed by atoms with Crippen LogP contribution in [0.15, 0.2) is 41.3 Å². The predicted molar refractivity (Wildman–Crippen MR) is 97.5 cm³/mol. The lowest BCUT2D eigenvalue weighted by atomic mass is 10.1. The summed E-state index contributed by atoms with van der Waals surface area (Å²) in [6, 6.07) is 8.00. The van der Waals surface area contributed by atoms with Gasteiger partial charge < -0.3 is 10.1 Å². The normalized spacial score (nSPS) is 11.5. The smallest absolute Gasteiger partial charge is 0.255 e. The van der Waals surface area contributed by atoms with Crippen molar-refractivity contribution >= 4 is 21.6 Å². The second-order valence-corrected chi connectivity index (χ2v) is 7.76. The summed E-state index contributed by atoms with van der Waals surface area (Å²) in [6.45, 7) is 5.13. The van der Waals surface area contributed by atoms with Crippen molar-refractivity contribution in [2.24, 2.45) is 0 Å². The van der Waals surface area contributed by atoms with Gasteiger partial charge in [0.05, 0.1) is 12.8 Å². The van der Waals surface area contributed by atoms with Gasteiger partial charge in [-0.1, -0.05) is 6.07 Å². The molecular formula is C18H21FN2O4S. The molecule has 0 saturated heterocycles. The van der Waals surface area contributed by atoms with Gasteiger partial charge in [0.15, 0.2) is 0 Å². The zero-order valence-corrected chi connectivity index (χ0v) is 15.8. The van der Waals surface area contributed by atoms with Crippen LogP contribution in [0.1, 0.15) is 29.8 Å². The van der Waals surface area contributed by atoms with E-state index in [0.29, 0.717) is 0 Å². The van der Waals surface area contributed by atoms with E-state index in [-0.39, 0.29) is 27.9 Å². The number of rotatable bonds is 6. The summed E-state index contributed by atoms with van der Waals surface area (Å²) in [5, 5.41) is 2.45. The van der Waals surface area contributed by atoms with E-state index in [0.717, 1.165) is 5.56 Å². The molecule has 2 aromatic carbocycles. The summed E-state index contributed by atoms with van der Waals surface area (Å²) >= 11 is 0. The van der Waals surface area contributed by atoms with E-state index in [2.05, 4.69) is 10.0 Å². The van der Waals surface area contributed by atoms with E-state index < -0.39 is 21.7 Å². The summed E-state index contributed by atoms with van der Waals surface area (Å²) in [6.07, 6.45) is 0. The molecule has 1 amide bonds. The molecule has 2 N–H and O–H groups in total. The maximum Gasteiger partial charge on any atom is 0.255 e. The molecule has 0 heterocycles. The Morgan fingerprint density at radius 1 is 1.15 bits per heavy atom. The molecule has 0 aliphatic heterocycles. The summed E-state index contributed by atoms with van der Waals surface area (Å²) in [7, 11) is -2.54. The third-order valence-corrected chi connectivity index (χ3v) is 5.16. The van der Waals surface area contributed by atoms with Crippen molar-refractivity contribution in [3.8, 4) is 5.75 Å². The lowest BCUT2D eigenvalue weighted by Gasteiger charge is -2.14. The highest BCUT2D eigenvalue weighted by atomic mass is 32.2. The Balaban J connectivity index is 2.40. The highest BCUT2D eigenvalue weighted by molar-refractivity contribution is 7.89. The zero-order valence-electron chi connectivity index (χ0n) is 15.0. The second-order valence-electron chi connectivity index (χ2n) is 6.08. The average Bonchev–Trinajstić information content (AvgIpc) is 2.56. The molecule has 0 aliphatic rings. The molecule has 0 bridgehead atoms. The molecule has 26 heavy (non-hydrogen) atoms. The van der Waals surface area contributed by atoms with Gasteiger partial charge in [-0.05, 0) is 56.7 Å². The fraction of sp³-hybridized carbons (Fsp3) is 0.278. The van der Waals surface area contributed by atoms with Gasteiger partial charge in [-0.3, -0.25) is 4.79 Å². The Morgan fingerprint density at radius 3 is 2.46 bits per heavy atom. The van der Waals surface area contributed by atoms with Crippen LogP contribution in [0, 0.1) is 12.7 Å². The molecule has 6 nitrogen and oxygen atoms in total. The van der Waals surface area contributed by atoms with Crippen molar-refractivity contribution in [3.63, 3.8) is 0 Å². The number of nitrogens with one attached hydrogen (secondary N) is 2. The van der Waals surface area contributed by atoms with E-state index in [1.165, 1.54) is 37.4 Å². The van der Waals surface area contributed by atoms with Crippen LogP contribution in [0.25, 0.3) is 0 Å². The first-order valence-electron chi connectivity index (χ1n) is 7.92. The van der Waals surface area contributed by atoms with E-state index in [9.17, 15) is 17.6 Å². The van der Waals surface area contributed by atoms with Crippen LogP contribution in [0.3, 0.4) is 0 Å². The summed E-state index contributed by atoms with van der Waals surface area (Å²) < 4.78 is 46.3.